The molecule has 0 aliphatic carbocycles. The maximum atomic E-state index is 10.5. The topological polar surface area (TPSA) is 82.5 Å². The first-order chi connectivity index (χ1) is 13.1. The Morgan fingerprint density at radius 1 is 1.11 bits per heavy atom. The standard InChI is InChI=1S/C21H21N3O3/c1-4-24-11-16-18(21(24)25)19(22)15-7-5-6-14(20(15)23-16)13-9-8-12(26-2)10-17(13)27-3/h5-11,25H,4,22H2,1-3H3. The first-order valence-electron chi connectivity index (χ1n) is 8.71. The van der Waals surface area contributed by atoms with E-state index in [9.17, 15) is 5.11 Å². The monoisotopic (exact) mass is 363 g/mol. The van der Waals surface area contributed by atoms with E-state index in [0.29, 0.717) is 28.9 Å². The van der Waals surface area contributed by atoms with Crippen molar-refractivity contribution in [3.63, 3.8) is 0 Å². The van der Waals surface area contributed by atoms with Crippen LogP contribution in [0.3, 0.4) is 0 Å². The van der Waals surface area contributed by atoms with Crippen LogP contribution >= 0.6 is 0 Å². The lowest BCUT2D eigenvalue weighted by Gasteiger charge is -2.13. The Morgan fingerprint density at radius 3 is 2.63 bits per heavy atom. The molecular formula is C21H21N3O3. The molecule has 0 radical (unpaired) electrons. The van der Waals surface area contributed by atoms with Gasteiger partial charge in [-0.1, -0.05) is 18.2 Å². The molecule has 0 spiro atoms. The quantitative estimate of drug-likeness (QED) is 0.568. The van der Waals surface area contributed by atoms with E-state index in [1.54, 1.807) is 18.8 Å². The van der Waals surface area contributed by atoms with Crippen molar-refractivity contribution in [1.82, 2.24) is 9.55 Å². The number of benzene rings is 2. The fraction of sp³-hybridized carbons (Fsp3) is 0.190. The highest BCUT2D eigenvalue weighted by atomic mass is 16.5. The molecule has 0 fully saturated rings. The van der Waals surface area contributed by atoms with Gasteiger partial charge in [0.25, 0.3) is 0 Å². The zero-order valence-electron chi connectivity index (χ0n) is 15.5. The largest absolute Gasteiger partial charge is 0.497 e. The van der Waals surface area contributed by atoms with Crippen molar-refractivity contribution >= 4 is 27.5 Å². The van der Waals surface area contributed by atoms with Crippen molar-refractivity contribution in [3.05, 3.63) is 42.6 Å². The fourth-order valence-corrected chi connectivity index (χ4v) is 3.49. The lowest BCUT2D eigenvalue weighted by atomic mass is 9.99. The van der Waals surface area contributed by atoms with Gasteiger partial charge in [0.15, 0.2) is 0 Å². The van der Waals surface area contributed by atoms with Gasteiger partial charge in [0.05, 0.1) is 36.3 Å². The third-order valence-electron chi connectivity index (χ3n) is 4.90. The summed E-state index contributed by atoms with van der Waals surface area (Å²) in [5.41, 5.74) is 10.2. The Bertz CT molecular complexity index is 1160. The van der Waals surface area contributed by atoms with E-state index in [4.69, 9.17) is 20.2 Å². The number of hydrogen-bond donors (Lipinski definition) is 2. The number of nitrogens with two attached hydrogens (primary N) is 1. The van der Waals surface area contributed by atoms with E-state index >= 15 is 0 Å². The molecule has 2 heterocycles. The molecule has 0 atom stereocenters. The molecular weight excluding hydrogens is 342 g/mol. The van der Waals surface area contributed by atoms with Crippen LogP contribution in [0.4, 0.5) is 5.69 Å². The predicted molar refractivity (Wildman–Crippen MR) is 108 cm³/mol. The van der Waals surface area contributed by atoms with E-state index < -0.39 is 0 Å². The number of rotatable bonds is 4. The normalized spacial score (nSPS) is 11.2. The summed E-state index contributed by atoms with van der Waals surface area (Å²) in [7, 11) is 3.25. The third kappa shape index (κ3) is 2.52. The maximum absolute atomic E-state index is 10.5. The number of ether oxygens (including phenoxy) is 2. The molecule has 2 aromatic heterocycles. The second-order valence-corrected chi connectivity index (χ2v) is 6.29. The summed E-state index contributed by atoms with van der Waals surface area (Å²) in [6.07, 6.45) is 1.82. The van der Waals surface area contributed by atoms with Gasteiger partial charge < -0.3 is 24.9 Å². The summed E-state index contributed by atoms with van der Waals surface area (Å²) in [4.78, 5) is 4.81. The van der Waals surface area contributed by atoms with Crippen LogP contribution in [0.1, 0.15) is 6.92 Å². The van der Waals surface area contributed by atoms with Gasteiger partial charge in [0, 0.05) is 35.3 Å². The average molecular weight is 363 g/mol. The van der Waals surface area contributed by atoms with E-state index in [-0.39, 0.29) is 5.88 Å². The summed E-state index contributed by atoms with van der Waals surface area (Å²) in [6.45, 7) is 2.60. The van der Waals surface area contributed by atoms with Crippen molar-refractivity contribution in [2.24, 2.45) is 0 Å². The van der Waals surface area contributed by atoms with Crippen LogP contribution in [-0.4, -0.2) is 28.9 Å². The van der Waals surface area contributed by atoms with Crippen LogP contribution in [-0.2, 0) is 6.54 Å². The minimum Gasteiger partial charge on any atom is -0.497 e. The number of anilines is 1. The first kappa shape index (κ1) is 17.0. The van der Waals surface area contributed by atoms with Crippen molar-refractivity contribution in [2.45, 2.75) is 13.5 Å². The summed E-state index contributed by atoms with van der Waals surface area (Å²) < 4.78 is 12.6. The lowest BCUT2D eigenvalue weighted by molar-refractivity contribution is 0.395. The van der Waals surface area contributed by atoms with Crippen LogP contribution in [0.15, 0.2) is 42.6 Å². The van der Waals surface area contributed by atoms with Crippen molar-refractivity contribution in [2.75, 3.05) is 20.0 Å². The molecule has 4 aromatic rings. The van der Waals surface area contributed by atoms with E-state index in [1.807, 2.05) is 49.5 Å². The second-order valence-electron chi connectivity index (χ2n) is 6.29. The van der Waals surface area contributed by atoms with Gasteiger partial charge >= 0.3 is 0 Å². The predicted octanol–water partition coefficient (Wildman–Crippen LogP) is 4.18. The molecule has 6 heteroatoms. The van der Waals surface area contributed by atoms with Crippen molar-refractivity contribution in [1.29, 1.82) is 0 Å². The van der Waals surface area contributed by atoms with Crippen molar-refractivity contribution < 1.29 is 14.6 Å². The highest BCUT2D eigenvalue weighted by molar-refractivity contribution is 6.12. The lowest BCUT2D eigenvalue weighted by Crippen LogP contribution is -1.95. The number of aryl methyl sites for hydroxylation is 1. The van der Waals surface area contributed by atoms with E-state index in [1.165, 1.54) is 0 Å². The minimum atomic E-state index is 0.145. The molecule has 4 rings (SSSR count). The Kier molecular flexibility index (Phi) is 4.03. The van der Waals surface area contributed by atoms with Gasteiger partial charge in [-0.2, -0.15) is 0 Å². The molecule has 0 amide bonds. The number of hydrogen-bond acceptors (Lipinski definition) is 5. The van der Waals surface area contributed by atoms with Crippen LogP contribution in [0.5, 0.6) is 17.4 Å². The number of fused-ring (bicyclic) bond motifs is 2. The Morgan fingerprint density at radius 2 is 1.93 bits per heavy atom. The zero-order valence-corrected chi connectivity index (χ0v) is 15.5. The molecule has 2 aromatic carbocycles. The number of nitrogens with zero attached hydrogens (tertiary/aromatic N) is 2. The maximum Gasteiger partial charge on any atom is 0.202 e. The van der Waals surface area contributed by atoms with Crippen LogP contribution in [0, 0.1) is 0 Å². The van der Waals surface area contributed by atoms with Crippen molar-refractivity contribution in [3.8, 4) is 28.5 Å². The molecule has 3 N–H and O–H groups in total. The highest BCUT2D eigenvalue weighted by Gasteiger charge is 2.18. The second kappa shape index (κ2) is 6.39. The van der Waals surface area contributed by atoms with Gasteiger partial charge in [-0.15, -0.1) is 0 Å². The fourth-order valence-electron chi connectivity index (χ4n) is 3.49. The molecule has 0 unspecified atom stereocenters. The molecule has 138 valence electrons. The van der Waals surface area contributed by atoms with E-state index in [0.717, 1.165) is 27.8 Å². The number of methoxy groups -OCH3 is 2. The summed E-state index contributed by atoms with van der Waals surface area (Å²) in [5.74, 6) is 1.55. The first-order valence-corrected chi connectivity index (χ1v) is 8.71. The Balaban J connectivity index is 2.06. The van der Waals surface area contributed by atoms with Crippen LogP contribution in [0.25, 0.3) is 32.9 Å². The highest BCUT2D eigenvalue weighted by Crippen LogP contribution is 2.41. The summed E-state index contributed by atoms with van der Waals surface area (Å²) in [5, 5.41) is 11.8. The van der Waals surface area contributed by atoms with E-state index in [2.05, 4.69) is 0 Å². The van der Waals surface area contributed by atoms with Gasteiger partial charge in [-0.25, -0.2) is 4.98 Å². The van der Waals surface area contributed by atoms with Crippen LogP contribution < -0.4 is 15.2 Å². The number of aromatic nitrogens is 2. The zero-order chi connectivity index (χ0) is 19.1. The molecule has 0 aliphatic rings. The number of pyridine rings is 1. The van der Waals surface area contributed by atoms with Gasteiger partial charge in [-0.05, 0) is 19.1 Å². The van der Waals surface area contributed by atoms with Gasteiger partial charge in [0.2, 0.25) is 5.88 Å². The number of nitrogen functional groups attached to an aromatic ring is 1. The average Bonchev–Trinajstić information content (AvgIpc) is 3.03. The molecule has 0 aliphatic heterocycles. The molecule has 0 bridgehead atoms. The molecule has 6 nitrogen and oxygen atoms in total. The molecule has 27 heavy (non-hydrogen) atoms. The minimum absolute atomic E-state index is 0.145. The number of para-hydroxylation sites is 1. The SMILES string of the molecule is CCn1cc2nc3c(-c4ccc(OC)cc4OC)cccc3c(N)c2c1O. The Hall–Kier alpha value is -3.41. The molecule has 0 saturated heterocycles. The molecule has 0 saturated carbocycles. The third-order valence-corrected chi connectivity index (χ3v) is 4.90. The summed E-state index contributed by atoms with van der Waals surface area (Å²) in [6, 6.07) is 11.5. The Labute approximate surface area is 156 Å². The number of aromatic hydroxyl groups is 1. The van der Waals surface area contributed by atoms with Gasteiger partial charge in [-0.3, -0.25) is 0 Å². The van der Waals surface area contributed by atoms with Crippen LogP contribution in [0.2, 0.25) is 0 Å². The van der Waals surface area contributed by atoms with Gasteiger partial charge in [0.1, 0.15) is 11.5 Å². The summed E-state index contributed by atoms with van der Waals surface area (Å²) >= 11 is 0. The smallest absolute Gasteiger partial charge is 0.202 e.